The summed E-state index contributed by atoms with van der Waals surface area (Å²) in [5.41, 5.74) is 7.09. The molecule has 0 amide bonds. The Balaban J connectivity index is 0.000000237. The van der Waals surface area contributed by atoms with Gasteiger partial charge in [0, 0.05) is 35.6 Å². The van der Waals surface area contributed by atoms with Crippen molar-refractivity contribution in [3.05, 3.63) is 169 Å². The molecule has 8 rings (SSSR count). The molecule has 0 spiro atoms. The monoisotopic (exact) mass is 1080 g/mol. The van der Waals surface area contributed by atoms with E-state index in [4.69, 9.17) is 9.47 Å². The van der Waals surface area contributed by atoms with Gasteiger partial charge in [-0.15, -0.1) is 0 Å². The zero-order valence-electron chi connectivity index (χ0n) is 34.1. The molecule has 0 aliphatic heterocycles. The second kappa shape index (κ2) is 20.5. The van der Waals surface area contributed by atoms with E-state index in [0.717, 1.165) is 44.6 Å². The molecule has 8 aromatic rings. The molecule has 356 valence electrons. The summed E-state index contributed by atoms with van der Waals surface area (Å²) in [4.78, 5) is 49.9. The maximum absolute atomic E-state index is 11.9. The number of hydrogen-bond donors (Lipinski definition) is 0. The van der Waals surface area contributed by atoms with Crippen molar-refractivity contribution in [2.45, 2.75) is 0 Å². The normalized spacial score (nSPS) is 12.8. The van der Waals surface area contributed by atoms with Gasteiger partial charge in [-0.1, -0.05) is 60.7 Å². The Labute approximate surface area is 384 Å². The molecule has 0 bridgehead atoms. The fourth-order valence-electron chi connectivity index (χ4n) is 5.23. The standard InChI is InChI=1S/2C16H12N2O2.C10H8N2.2F6P.Ru/c2*1-20-16(19)12-10-15(14-8-4-5-9-17-14)18-13-7-3-2-6-11(12)13;1-3-7-11-9(5-1)10-6-2-4-8-12-10;2*1-7(2,3,4,5)6;/h2*2-10H,1H3;1-8H;;;/q;;;2*-1;+2. The van der Waals surface area contributed by atoms with Crippen molar-refractivity contribution >= 4 is 49.4 Å². The van der Waals surface area contributed by atoms with E-state index in [1.165, 1.54) is 14.2 Å². The molecule has 0 aliphatic carbocycles. The number of para-hydroxylation sites is 2. The van der Waals surface area contributed by atoms with Crippen LogP contribution in [-0.2, 0) is 29.0 Å². The predicted molar refractivity (Wildman–Crippen MR) is 227 cm³/mol. The average Bonchev–Trinajstić information content (AvgIpc) is 3.27. The van der Waals surface area contributed by atoms with Gasteiger partial charge in [-0.05, 0) is 72.8 Å². The number of fused-ring (bicyclic) bond motifs is 2. The molecule has 6 aromatic heterocycles. The second-order valence-electron chi connectivity index (χ2n) is 12.9. The molecule has 0 saturated carbocycles. The molecule has 10 nitrogen and oxygen atoms in total. The first kappa shape index (κ1) is 54.8. The van der Waals surface area contributed by atoms with Gasteiger partial charge in [-0.2, -0.15) is 0 Å². The third kappa shape index (κ3) is 21.5. The zero-order valence-corrected chi connectivity index (χ0v) is 37.6. The van der Waals surface area contributed by atoms with Gasteiger partial charge < -0.3 is 9.47 Å². The summed E-state index contributed by atoms with van der Waals surface area (Å²) < 4.78 is 128. The summed E-state index contributed by atoms with van der Waals surface area (Å²) in [5.74, 6) is -0.749. The number of ether oxygens (including phenoxy) is 2. The maximum atomic E-state index is 11.9. The number of aromatic nitrogens is 6. The second-order valence-corrected chi connectivity index (χ2v) is 16.7. The van der Waals surface area contributed by atoms with Crippen LogP contribution in [0.5, 0.6) is 0 Å². The summed E-state index contributed by atoms with van der Waals surface area (Å²) in [6.07, 6.45) is 6.93. The van der Waals surface area contributed by atoms with Gasteiger partial charge >= 0.3 is 97.4 Å². The Morgan fingerprint density at radius 1 is 0.388 bits per heavy atom. The van der Waals surface area contributed by atoms with Crippen LogP contribution in [0.2, 0.25) is 0 Å². The average molecular weight is 1080 g/mol. The summed E-state index contributed by atoms with van der Waals surface area (Å²) >= 11 is 0. The number of hydrogen-bond acceptors (Lipinski definition) is 10. The van der Waals surface area contributed by atoms with Crippen LogP contribution in [0, 0.1) is 0 Å². The summed E-state index contributed by atoms with van der Waals surface area (Å²) in [5, 5.41) is 1.55. The third-order valence-electron chi connectivity index (χ3n) is 7.69. The van der Waals surface area contributed by atoms with Gasteiger partial charge in [0.2, 0.25) is 0 Å². The Hall–Kier alpha value is -6.56. The number of pyridine rings is 6. The molecule has 0 saturated heterocycles. The van der Waals surface area contributed by atoms with Gasteiger partial charge in [-0.25, -0.2) is 19.6 Å². The fourth-order valence-corrected chi connectivity index (χ4v) is 5.23. The van der Waals surface area contributed by atoms with E-state index in [-0.39, 0.29) is 31.4 Å². The molecule has 0 aliphatic rings. The SMILES string of the molecule is COC(=O)c1cc(-c2ccccn2)nc2ccccc12.COC(=O)c1cc(-c2ccccn2)nc2ccccc12.F[P-](F)(F)(F)(F)F.F[P-](F)(F)(F)(F)F.[Ru+2].c1ccc(-c2ccccn2)nc1. The number of carbonyl (C=O) groups excluding carboxylic acids is 2. The number of carbonyl (C=O) groups is 2. The molecule has 6 heterocycles. The van der Waals surface area contributed by atoms with E-state index < -0.39 is 15.6 Å². The summed E-state index contributed by atoms with van der Waals surface area (Å²) in [7, 11) is -18.6. The minimum atomic E-state index is -10.7. The van der Waals surface area contributed by atoms with E-state index in [1.54, 1.807) is 36.9 Å². The Bertz CT molecular complexity index is 2700. The third-order valence-corrected chi connectivity index (χ3v) is 7.69. The van der Waals surface area contributed by atoms with Crippen LogP contribution in [0.25, 0.3) is 56.0 Å². The minimum absolute atomic E-state index is 0. The smallest absolute Gasteiger partial charge is 0.255 e. The summed E-state index contributed by atoms with van der Waals surface area (Å²) in [6.45, 7) is 0. The molecular weight excluding hydrogens is 1040 g/mol. The zero-order chi connectivity index (χ0) is 48.9. The molecule has 0 fully saturated rings. The van der Waals surface area contributed by atoms with Crippen molar-refractivity contribution in [2.24, 2.45) is 0 Å². The van der Waals surface area contributed by atoms with Crippen molar-refractivity contribution in [2.75, 3.05) is 14.2 Å². The molecule has 0 unspecified atom stereocenters. The van der Waals surface area contributed by atoms with Crippen LogP contribution in [-0.4, -0.2) is 56.1 Å². The molecular formula is C42H32F12N6O4P2Ru. The van der Waals surface area contributed by atoms with Crippen molar-refractivity contribution in [1.29, 1.82) is 0 Å². The Kier molecular flexibility index (Phi) is 16.8. The van der Waals surface area contributed by atoms with E-state index in [1.807, 2.05) is 121 Å². The first-order valence-corrected chi connectivity index (χ1v) is 22.3. The van der Waals surface area contributed by atoms with Crippen LogP contribution in [0.15, 0.2) is 158 Å². The fraction of sp³-hybridized carbons (Fsp3) is 0.0476. The number of esters is 2. The topological polar surface area (TPSA) is 130 Å². The van der Waals surface area contributed by atoms with Gasteiger partial charge in [0.15, 0.2) is 0 Å². The van der Waals surface area contributed by atoms with Crippen molar-refractivity contribution < 1.29 is 88.9 Å². The van der Waals surface area contributed by atoms with Crippen molar-refractivity contribution in [3.8, 4) is 34.2 Å². The van der Waals surface area contributed by atoms with Crippen LogP contribution in [0.1, 0.15) is 20.7 Å². The van der Waals surface area contributed by atoms with Gasteiger partial charge in [-0.3, -0.25) is 19.9 Å². The number of halogens is 12. The van der Waals surface area contributed by atoms with E-state index in [0.29, 0.717) is 22.5 Å². The van der Waals surface area contributed by atoms with Crippen LogP contribution < -0.4 is 0 Å². The largest absolute Gasteiger partial charge is 2.00 e. The van der Waals surface area contributed by atoms with Crippen LogP contribution in [0.3, 0.4) is 0 Å². The minimum Gasteiger partial charge on any atom is -0.255 e. The molecule has 2 aromatic carbocycles. The number of nitrogens with zero attached hydrogens (tertiary/aromatic N) is 6. The molecule has 0 radical (unpaired) electrons. The first-order chi connectivity index (χ1) is 30.4. The summed E-state index contributed by atoms with van der Waals surface area (Å²) in [6, 6.07) is 41.2. The molecule has 25 heteroatoms. The number of rotatable bonds is 5. The van der Waals surface area contributed by atoms with Crippen molar-refractivity contribution in [1.82, 2.24) is 29.9 Å². The predicted octanol–water partition coefficient (Wildman–Crippen LogP) is 15.1. The van der Waals surface area contributed by atoms with Crippen molar-refractivity contribution in [3.63, 3.8) is 0 Å². The molecule has 0 N–H and O–H groups in total. The van der Waals surface area contributed by atoms with Crippen LogP contribution >= 0.6 is 15.6 Å². The quantitative estimate of drug-likeness (QED) is 0.0711. The molecule has 67 heavy (non-hydrogen) atoms. The number of methoxy groups -OCH3 is 2. The molecule has 0 atom stereocenters. The maximum Gasteiger partial charge on any atom is 2.00 e. The van der Waals surface area contributed by atoms with E-state index in [2.05, 4.69) is 29.9 Å². The number of benzene rings is 2. The first-order valence-electron chi connectivity index (χ1n) is 18.2. The van der Waals surface area contributed by atoms with Crippen LogP contribution in [0.4, 0.5) is 50.4 Å². The van der Waals surface area contributed by atoms with Gasteiger partial charge in [0.05, 0.1) is 70.5 Å². The Morgan fingerprint density at radius 3 is 0.866 bits per heavy atom. The van der Waals surface area contributed by atoms with E-state index in [9.17, 15) is 60.0 Å². The van der Waals surface area contributed by atoms with Gasteiger partial charge in [0.25, 0.3) is 0 Å². The Morgan fingerprint density at radius 2 is 0.627 bits per heavy atom. The van der Waals surface area contributed by atoms with Gasteiger partial charge in [0.1, 0.15) is 0 Å². The van der Waals surface area contributed by atoms with E-state index >= 15 is 0 Å².